The molecule has 0 radical (unpaired) electrons. The Morgan fingerprint density at radius 3 is 2.67 bits per heavy atom. The number of rotatable bonds is 10. The number of esters is 1. The van der Waals surface area contributed by atoms with Gasteiger partial charge in [0.05, 0.1) is 31.1 Å². The number of hydrogen-bond donors (Lipinski definition) is 2. The Morgan fingerprint density at radius 2 is 2.00 bits per heavy atom. The zero-order valence-electron chi connectivity index (χ0n) is 20.2. The monoisotopic (exact) mass is 488 g/mol. The normalized spacial score (nSPS) is 11.7. The number of imidazole rings is 1. The quantitative estimate of drug-likeness (QED) is 0.328. The van der Waals surface area contributed by atoms with E-state index in [1.807, 2.05) is 18.2 Å². The number of ether oxygens (including phenoxy) is 2. The van der Waals surface area contributed by atoms with E-state index in [0.717, 1.165) is 11.4 Å². The van der Waals surface area contributed by atoms with Gasteiger partial charge in [0.2, 0.25) is 0 Å². The fourth-order valence-corrected chi connectivity index (χ4v) is 4.10. The predicted molar refractivity (Wildman–Crippen MR) is 133 cm³/mol. The van der Waals surface area contributed by atoms with Crippen LogP contribution >= 0.6 is 0 Å². The average molecular weight is 489 g/mol. The first kappa shape index (κ1) is 24.7. The lowest BCUT2D eigenvalue weighted by Gasteiger charge is -2.21. The maximum atomic E-state index is 13.6. The molecule has 4 aromatic rings. The molecule has 0 aliphatic rings. The first-order valence-corrected chi connectivity index (χ1v) is 11.6. The molecule has 1 atom stereocenters. The predicted octanol–water partition coefficient (Wildman–Crippen LogP) is 3.50. The van der Waals surface area contributed by atoms with E-state index >= 15 is 0 Å². The number of nitrogens with one attached hydrogen (secondary N) is 1. The van der Waals surface area contributed by atoms with E-state index in [1.54, 1.807) is 60.5 Å². The molecule has 4 rings (SSSR count). The lowest BCUT2D eigenvalue weighted by atomic mass is 9.88. The molecule has 0 aliphatic heterocycles. The number of nitrogens with zero attached hydrogens (tertiary/aromatic N) is 3. The number of aryl methyl sites for hydroxylation is 2. The highest BCUT2D eigenvalue weighted by atomic mass is 16.5. The van der Waals surface area contributed by atoms with Crippen LogP contribution in [0.1, 0.15) is 40.5 Å². The fraction of sp³-hybridized carbons (Fsp3) is 0.259. The molecule has 2 N–H and O–H groups in total. The standard InChI is InChI=1S/C27H28N4O5/c1-18-13-24(32)26(27(34)31(18)12-10-20-15-28-17-30-20)23(14-25(33)35-2)19-6-8-22(9-7-19)36-16-21-5-3-4-11-29-21/h3-9,11,13,15,17,23,32H,10,12,14,16H2,1-2H3,(H,28,30). The fourth-order valence-electron chi connectivity index (χ4n) is 4.10. The highest BCUT2D eigenvalue weighted by molar-refractivity contribution is 5.71. The van der Waals surface area contributed by atoms with Crippen LogP contribution in [0.25, 0.3) is 0 Å². The van der Waals surface area contributed by atoms with Crippen LogP contribution in [0, 0.1) is 6.92 Å². The minimum Gasteiger partial charge on any atom is -0.507 e. The van der Waals surface area contributed by atoms with E-state index < -0.39 is 11.9 Å². The van der Waals surface area contributed by atoms with E-state index in [9.17, 15) is 14.7 Å². The Morgan fingerprint density at radius 1 is 1.19 bits per heavy atom. The number of pyridine rings is 2. The lowest BCUT2D eigenvalue weighted by molar-refractivity contribution is -0.140. The second-order valence-corrected chi connectivity index (χ2v) is 8.38. The molecular formula is C27H28N4O5. The second kappa shape index (κ2) is 11.4. The first-order chi connectivity index (χ1) is 17.5. The Labute approximate surface area is 208 Å². The van der Waals surface area contributed by atoms with Crippen molar-refractivity contribution in [1.82, 2.24) is 19.5 Å². The largest absolute Gasteiger partial charge is 0.507 e. The van der Waals surface area contributed by atoms with Crippen molar-refractivity contribution in [3.05, 3.63) is 106 Å². The molecule has 0 spiro atoms. The van der Waals surface area contributed by atoms with Gasteiger partial charge in [-0.25, -0.2) is 4.98 Å². The summed E-state index contributed by atoms with van der Waals surface area (Å²) in [6.45, 7) is 2.47. The van der Waals surface area contributed by atoms with Gasteiger partial charge in [0.1, 0.15) is 18.1 Å². The van der Waals surface area contributed by atoms with Crippen LogP contribution in [0.5, 0.6) is 11.5 Å². The lowest BCUT2D eigenvalue weighted by Crippen LogP contribution is -2.29. The minimum atomic E-state index is -0.700. The summed E-state index contributed by atoms with van der Waals surface area (Å²) in [5.74, 6) is -0.723. The maximum absolute atomic E-state index is 13.6. The van der Waals surface area contributed by atoms with Crippen molar-refractivity contribution in [3.63, 3.8) is 0 Å². The van der Waals surface area contributed by atoms with Gasteiger partial charge in [0.25, 0.3) is 5.56 Å². The number of carbonyl (C=O) groups excluding carboxylic acids is 1. The molecule has 36 heavy (non-hydrogen) atoms. The summed E-state index contributed by atoms with van der Waals surface area (Å²) in [6.07, 6.45) is 5.46. The van der Waals surface area contributed by atoms with Crippen molar-refractivity contribution in [3.8, 4) is 11.5 Å². The highest BCUT2D eigenvalue weighted by Gasteiger charge is 2.26. The van der Waals surface area contributed by atoms with Crippen molar-refractivity contribution < 1.29 is 19.4 Å². The topological polar surface area (TPSA) is 119 Å². The van der Waals surface area contributed by atoms with Crippen LogP contribution in [0.2, 0.25) is 0 Å². The van der Waals surface area contributed by atoms with Gasteiger partial charge in [-0.1, -0.05) is 18.2 Å². The number of aromatic nitrogens is 4. The van der Waals surface area contributed by atoms with Crippen LogP contribution in [0.15, 0.2) is 72.0 Å². The third-order valence-corrected chi connectivity index (χ3v) is 6.02. The zero-order valence-corrected chi connectivity index (χ0v) is 20.2. The van der Waals surface area contributed by atoms with Gasteiger partial charge in [-0.3, -0.25) is 14.6 Å². The molecule has 1 aromatic carbocycles. The van der Waals surface area contributed by atoms with Crippen LogP contribution < -0.4 is 10.3 Å². The van der Waals surface area contributed by atoms with Crippen molar-refractivity contribution in [1.29, 1.82) is 0 Å². The average Bonchev–Trinajstić information content (AvgIpc) is 3.41. The number of hydrogen-bond acceptors (Lipinski definition) is 7. The SMILES string of the molecule is COC(=O)CC(c1ccc(OCc2ccccn2)cc1)c1c(O)cc(C)n(CCc2cnc[nH]2)c1=O. The minimum absolute atomic E-state index is 0.100. The summed E-state index contributed by atoms with van der Waals surface area (Å²) in [5.41, 5.74) is 2.79. The van der Waals surface area contributed by atoms with E-state index in [-0.39, 0.29) is 23.3 Å². The van der Waals surface area contributed by atoms with E-state index in [2.05, 4.69) is 15.0 Å². The molecule has 0 aliphatic carbocycles. The molecule has 0 fully saturated rings. The van der Waals surface area contributed by atoms with E-state index in [0.29, 0.717) is 36.6 Å². The summed E-state index contributed by atoms with van der Waals surface area (Å²) >= 11 is 0. The van der Waals surface area contributed by atoms with Gasteiger partial charge < -0.3 is 24.1 Å². The van der Waals surface area contributed by atoms with Gasteiger partial charge >= 0.3 is 5.97 Å². The third-order valence-electron chi connectivity index (χ3n) is 6.02. The summed E-state index contributed by atoms with van der Waals surface area (Å²) in [6, 6.07) is 14.3. The maximum Gasteiger partial charge on any atom is 0.306 e. The van der Waals surface area contributed by atoms with Gasteiger partial charge in [-0.15, -0.1) is 0 Å². The zero-order chi connectivity index (χ0) is 25.5. The molecule has 0 saturated carbocycles. The summed E-state index contributed by atoms with van der Waals surface area (Å²) in [7, 11) is 1.30. The molecule has 9 nitrogen and oxygen atoms in total. The van der Waals surface area contributed by atoms with Gasteiger partial charge in [0.15, 0.2) is 0 Å². The number of methoxy groups -OCH3 is 1. The van der Waals surface area contributed by atoms with Crippen molar-refractivity contribution in [2.75, 3.05) is 7.11 Å². The number of benzene rings is 1. The summed E-state index contributed by atoms with van der Waals surface area (Å²) in [5, 5.41) is 10.8. The van der Waals surface area contributed by atoms with E-state index in [4.69, 9.17) is 9.47 Å². The molecule has 1 unspecified atom stereocenters. The van der Waals surface area contributed by atoms with Crippen molar-refractivity contribution >= 4 is 5.97 Å². The highest BCUT2D eigenvalue weighted by Crippen LogP contribution is 2.33. The van der Waals surface area contributed by atoms with Gasteiger partial charge in [-0.05, 0) is 42.8 Å². The van der Waals surface area contributed by atoms with Crippen molar-refractivity contribution in [2.24, 2.45) is 0 Å². The number of aromatic amines is 1. The number of carbonyl (C=O) groups is 1. The Kier molecular flexibility index (Phi) is 7.79. The van der Waals surface area contributed by atoms with Crippen molar-refractivity contribution in [2.45, 2.75) is 38.8 Å². The molecule has 0 amide bonds. The first-order valence-electron chi connectivity index (χ1n) is 11.6. The molecule has 3 aromatic heterocycles. The number of H-pyrrole nitrogens is 1. The van der Waals surface area contributed by atoms with Gasteiger partial charge in [0, 0.05) is 42.7 Å². The molecule has 186 valence electrons. The number of aromatic hydroxyl groups is 1. The Bertz CT molecular complexity index is 1350. The smallest absolute Gasteiger partial charge is 0.306 e. The molecule has 3 heterocycles. The molecule has 0 saturated heterocycles. The Hall–Kier alpha value is -4.40. The van der Waals surface area contributed by atoms with Crippen LogP contribution in [-0.4, -0.2) is 37.7 Å². The Balaban J connectivity index is 1.63. The van der Waals surface area contributed by atoms with Crippen LogP contribution in [0.3, 0.4) is 0 Å². The molecule has 0 bridgehead atoms. The van der Waals surface area contributed by atoms with Crippen LogP contribution in [-0.2, 0) is 29.1 Å². The van der Waals surface area contributed by atoms with Crippen LogP contribution in [0.4, 0.5) is 0 Å². The third kappa shape index (κ3) is 5.80. The summed E-state index contributed by atoms with van der Waals surface area (Å²) in [4.78, 5) is 37.1. The van der Waals surface area contributed by atoms with E-state index in [1.165, 1.54) is 7.11 Å². The molecular weight excluding hydrogens is 460 g/mol. The molecule has 9 heteroatoms. The van der Waals surface area contributed by atoms with Gasteiger partial charge in [-0.2, -0.15) is 0 Å². The second-order valence-electron chi connectivity index (χ2n) is 8.38. The summed E-state index contributed by atoms with van der Waals surface area (Å²) < 4.78 is 12.3.